The lowest BCUT2D eigenvalue weighted by Gasteiger charge is -2.15. The van der Waals surface area contributed by atoms with Crippen molar-refractivity contribution in [1.29, 1.82) is 0 Å². The van der Waals surface area contributed by atoms with Gasteiger partial charge in [0.05, 0.1) is 0 Å². The van der Waals surface area contributed by atoms with E-state index < -0.39 is 6.10 Å². The number of carbonyl (C=O) groups excluding carboxylic acids is 1. The van der Waals surface area contributed by atoms with Crippen molar-refractivity contribution in [2.45, 2.75) is 40.7 Å². The SMILES string of the molecule is Cc1ccc(NC(=O)[C@H](C)OCC(C)C)cc1C. The zero-order valence-corrected chi connectivity index (χ0v) is 11.9. The molecule has 0 saturated heterocycles. The number of hydrogen-bond donors (Lipinski definition) is 1. The number of rotatable bonds is 5. The highest BCUT2D eigenvalue weighted by molar-refractivity contribution is 5.94. The van der Waals surface area contributed by atoms with E-state index in [1.165, 1.54) is 11.1 Å². The molecule has 1 aromatic carbocycles. The van der Waals surface area contributed by atoms with Crippen LogP contribution in [-0.2, 0) is 9.53 Å². The molecule has 0 bridgehead atoms. The van der Waals surface area contributed by atoms with Crippen molar-refractivity contribution in [2.24, 2.45) is 5.92 Å². The third-order valence-corrected chi connectivity index (χ3v) is 2.82. The van der Waals surface area contributed by atoms with Gasteiger partial charge in [0.25, 0.3) is 5.91 Å². The summed E-state index contributed by atoms with van der Waals surface area (Å²) in [6.07, 6.45) is -0.422. The van der Waals surface area contributed by atoms with Gasteiger partial charge in [0, 0.05) is 12.3 Å². The average molecular weight is 249 g/mol. The zero-order chi connectivity index (χ0) is 13.7. The van der Waals surface area contributed by atoms with Crippen LogP contribution in [0.5, 0.6) is 0 Å². The van der Waals surface area contributed by atoms with Crippen molar-refractivity contribution in [3.8, 4) is 0 Å². The molecular formula is C15H23NO2. The van der Waals surface area contributed by atoms with Gasteiger partial charge >= 0.3 is 0 Å². The average Bonchev–Trinajstić information content (AvgIpc) is 2.30. The Morgan fingerprint density at radius 1 is 1.22 bits per heavy atom. The molecule has 18 heavy (non-hydrogen) atoms. The summed E-state index contributed by atoms with van der Waals surface area (Å²) in [6.45, 7) is 10.6. The lowest BCUT2D eigenvalue weighted by Crippen LogP contribution is -2.28. The van der Waals surface area contributed by atoms with E-state index in [1.807, 2.05) is 25.1 Å². The van der Waals surface area contributed by atoms with Crippen molar-refractivity contribution in [3.05, 3.63) is 29.3 Å². The Bertz CT molecular complexity index is 413. The first-order chi connectivity index (χ1) is 8.40. The van der Waals surface area contributed by atoms with E-state index in [1.54, 1.807) is 6.92 Å². The summed E-state index contributed by atoms with van der Waals surface area (Å²) in [5, 5.41) is 2.87. The molecule has 1 rings (SSSR count). The van der Waals surface area contributed by atoms with Gasteiger partial charge in [0.2, 0.25) is 0 Å². The molecule has 0 fully saturated rings. The van der Waals surface area contributed by atoms with E-state index in [2.05, 4.69) is 26.1 Å². The largest absolute Gasteiger partial charge is 0.368 e. The summed E-state index contributed by atoms with van der Waals surface area (Å²) in [6, 6.07) is 5.89. The smallest absolute Gasteiger partial charge is 0.253 e. The lowest BCUT2D eigenvalue weighted by molar-refractivity contribution is -0.126. The molecule has 0 aliphatic carbocycles. The molecule has 0 aliphatic heterocycles. The molecule has 0 saturated carbocycles. The number of amides is 1. The highest BCUT2D eigenvalue weighted by Crippen LogP contribution is 2.14. The molecule has 0 heterocycles. The van der Waals surface area contributed by atoms with Crippen LogP contribution in [0.1, 0.15) is 31.9 Å². The number of carbonyl (C=O) groups is 1. The zero-order valence-electron chi connectivity index (χ0n) is 11.9. The first-order valence-electron chi connectivity index (χ1n) is 6.40. The van der Waals surface area contributed by atoms with Crippen molar-refractivity contribution >= 4 is 11.6 Å². The maximum Gasteiger partial charge on any atom is 0.253 e. The Labute approximate surface area is 110 Å². The summed E-state index contributed by atoms with van der Waals surface area (Å²) < 4.78 is 5.48. The maximum absolute atomic E-state index is 11.9. The molecule has 1 aromatic rings. The molecule has 1 atom stereocenters. The maximum atomic E-state index is 11.9. The van der Waals surface area contributed by atoms with Crippen LogP contribution in [0.4, 0.5) is 5.69 Å². The fourth-order valence-electron chi connectivity index (χ4n) is 1.48. The monoisotopic (exact) mass is 249 g/mol. The minimum atomic E-state index is -0.422. The van der Waals surface area contributed by atoms with Crippen LogP contribution >= 0.6 is 0 Å². The molecule has 0 spiro atoms. The summed E-state index contributed by atoms with van der Waals surface area (Å²) >= 11 is 0. The van der Waals surface area contributed by atoms with E-state index in [0.717, 1.165) is 5.69 Å². The Morgan fingerprint density at radius 2 is 1.89 bits per heavy atom. The van der Waals surface area contributed by atoms with E-state index in [0.29, 0.717) is 12.5 Å². The first kappa shape index (κ1) is 14.7. The molecule has 3 heteroatoms. The van der Waals surface area contributed by atoms with Crippen LogP contribution in [0.25, 0.3) is 0 Å². The van der Waals surface area contributed by atoms with E-state index in [9.17, 15) is 4.79 Å². The molecule has 100 valence electrons. The van der Waals surface area contributed by atoms with Gasteiger partial charge in [-0.1, -0.05) is 19.9 Å². The number of hydrogen-bond acceptors (Lipinski definition) is 2. The van der Waals surface area contributed by atoms with Gasteiger partial charge < -0.3 is 10.1 Å². The second-order valence-corrected chi connectivity index (χ2v) is 5.16. The predicted molar refractivity (Wildman–Crippen MR) is 74.8 cm³/mol. The fourth-order valence-corrected chi connectivity index (χ4v) is 1.48. The normalized spacial score (nSPS) is 12.6. The Hall–Kier alpha value is -1.35. The van der Waals surface area contributed by atoms with Crippen LogP contribution in [0.2, 0.25) is 0 Å². The summed E-state index contributed by atoms with van der Waals surface area (Å²) in [4.78, 5) is 11.9. The highest BCUT2D eigenvalue weighted by atomic mass is 16.5. The Balaban J connectivity index is 2.55. The predicted octanol–water partition coefficient (Wildman–Crippen LogP) is 3.30. The van der Waals surface area contributed by atoms with E-state index >= 15 is 0 Å². The summed E-state index contributed by atoms with van der Waals surface area (Å²) in [5.74, 6) is 0.334. The number of ether oxygens (including phenoxy) is 1. The van der Waals surface area contributed by atoms with Crippen LogP contribution in [0.3, 0.4) is 0 Å². The minimum absolute atomic E-state index is 0.0982. The number of benzene rings is 1. The number of aryl methyl sites for hydroxylation is 2. The molecule has 1 N–H and O–H groups in total. The lowest BCUT2D eigenvalue weighted by atomic mass is 10.1. The highest BCUT2D eigenvalue weighted by Gasteiger charge is 2.14. The van der Waals surface area contributed by atoms with Crippen molar-refractivity contribution in [3.63, 3.8) is 0 Å². The third kappa shape index (κ3) is 4.49. The Kier molecular flexibility index (Phi) is 5.35. The summed E-state index contributed by atoms with van der Waals surface area (Å²) in [5.41, 5.74) is 3.21. The van der Waals surface area contributed by atoms with Gasteiger partial charge in [-0.3, -0.25) is 4.79 Å². The van der Waals surface area contributed by atoms with Crippen molar-refractivity contribution in [1.82, 2.24) is 0 Å². The molecule has 0 aliphatic rings. The van der Waals surface area contributed by atoms with Gasteiger partial charge in [0.1, 0.15) is 6.10 Å². The topological polar surface area (TPSA) is 38.3 Å². The second kappa shape index (κ2) is 6.55. The van der Waals surface area contributed by atoms with Crippen LogP contribution in [-0.4, -0.2) is 18.6 Å². The fraction of sp³-hybridized carbons (Fsp3) is 0.533. The molecule has 0 unspecified atom stereocenters. The van der Waals surface area contributed by atoms with Crippen LogP contribution in [0.15, 0.2) is 18.2 Å². The van der Waals surface area contributed by atoms with Crippen LogP contribution in [0, 0.1) is 19.8 Å². The van der Waals surface area contributed by atoms with Crippen molar-refractivity contribution < 1.29 is 9.53 Å². The van der Waals surface area contributed by atoms with Gasteiger partial charge in [-0.15, -0.1) is 0 Å². The quantitative estimate of drug-likeness (QED) is 0.869. The minimum Gasteiger partial charge on any atom is -0.368 e. The first-order valence-corrected chi connectivity index (χ1v) is 6.40. The van der Waals surface area contributed by atoms with Gasteiger partial charge in [0.15, 0.2) is 0 Å². The van der Waals surface area contributed by atoms with Gasteiger partial charge in [-0.2, -0.15) is 0 Å². The van der Waals surface area contributed by atoms with Crippen molar-refractivity contribution in [2.75, 3.05) is 11.9 Å². The molecule has 1 amide bonds. The molecule has 0 radical (unpaired) electrons. The summed E-state index contributed by atoms with van der Waals surface area (Å²) in [7, 11) is 0. The van der Waals surface area contributed by atoms with Gasteiger partial charge in [-0.25, -0.2) is 0 Å². The molecule has 0 aromatic heterocycles. The molecular weight excluding hydrogens is 226 g/mol. The van der Waals surface area contributed by atoms with Crippen LogP contribution < -0.4 is 5.32 Å². The van der Waals surface area contributed by atoms with Gasteiger partial charge in [-0.05, 0) is 49.9 Å². The van der Waals surface area contributed by atoms with E-state index in [-0.39, 0.29) is 5.91 Å². The van der Waals surface area contributed by atoms with E-state index in [4.69, 9.17) is 4.74 Å². The Morgan fingerprint density at radius 3 is 2.44 bits per heavy atom. The number of anilines is 1. The molecule has 3 nitrogen and oxygen atoms in total. The third-order valence-electron chi connectivity index (χ3n) is 2.82. The number of nitrogens with one attached hydrogen (secondary N) is 1. The second-order valence-electron chi connectivity index (χ2n) is 5.16. The standard InChI is InChI=1S/C15H23NO2/c1-10(2)9-18-13(5)15(17)16-14-7-6-11(3)12(4)8-14/h6-8,10,13H,9H2,1-5H3,(H,16,17)/t13-/m0/s1.